The van der Waals surface area contributed by atoms with Gasteiger partial charge in [-0.15, -0.1) is 0 Å². The quantitative estimate of drug-likeness (QED) is 0.726. The fourth-order valence-corrected chi connectivity index (χ4v) is 2.07. The second-order valence-electron chi connectivity index (χ2n) is 6.20. The Labute approximate surface area is 121 Å². The van der Waals surface area contributed by atoms with E-state index in [1.807, 2.05) is 25.7 Å². The molecule has 1 aliphatic rings. The Kier molecular flexibility index (Phi) is 6.42. The molecule has 0 bridgehead atoms. The molecule has 0 saturated carbocycles. The molecule has 0 atom stereocenters. The van der Waals surface area contributed by atoms with Crippen LogP contribution in [-0.4, -0.2) is 72.6 Å². The third kappa shape index (κ3) is 5.46. The number of piperazine rings is 1. The molecule has 0 aromatic heterocycles. The second kappa shape index (κ2) is 7.59. The van der Waals surface area contributed by atoms with Crippen LogP contribution in [0.15, 0.2) is 0 Å². The minimum absolute atomic E-state index is 0.0296. The predicted octanol–water partition coefficient (Wildman–Crippen LogP) is -0.325. The third-order valence-electron chi connectivity index (χ3n) is 3.45. The molecule has 6 nitrogen and oxygen atoms in total. The number of β-amino-alcohol motifs (C(OH)–C–C–N with tert-alkyl or cyclic N) is 1. The fourth-order valence-electron chi connectivity index (χ4n) is 2.07. The molecule has 2 N–H and O–H groups in total. The van der Waals surface area contributed by atoms with Gasteiger partial charge in [-0.05, 0) is 0 Å². The van der Waals surface area contributed by atoms with Crippen molar-refractivity contribution in [1.82, 2.24) is 15.1 Å². The summed E-state index contributed by atoms with van der Waals surface area (Å²) in [6.07, 6.45) is 0.349. The van der Waals surface area contributed by atoms with Crippen LogP contribution in [0.2, 0.25) is 0 Å². The molecule has 20 heavy (non-hydrogen) atoms. The molecule has 1 aliphatic heterocycles. The monoisotopic (exact) mass is 285 g/mol. The molecule has 1 saturated heterocycles. The van der Waals surface area contributed by atoms with E-state index in [4.69, 9.17) is 5.11 Å². The maximum Gasteiger partial charge on any atom is 0.225 e. The van der Waals surface area contributed by atoms with E-state index in [2.05, 4.69) is 10.2 Å². The summed E-state index contributed by atoms with van der Waals surface area (Å²) in [6.45, 7) is 9.79. The Bertz CT molecular complexity index is 331. The highest BCUT2D eigenvalue weighted by Crippen LogP contribution is 2.12. The Morgan fingerprint density at radius 3 is 2.25 bits per heavy atom. The van der Waals surface area contributed by atoms with Gasteiger partial charge in [-0.3, -0.25) is 14.5 Å². The van der Waals surface area contributed by atoms with Gasteiger partial charge in [0.2, 0.25) is 11.8 Å². The molecule has 0 radical (unpaired) electrons. The predicted molar refractivity (Wildman–Crippen MR) is 77.2 cm³/mol. The van der Waals surface area contributed by atoms with Crippen LogP contribution in [0.25, 0.3) is 0 Å². The highest BCUT2D eigenvalue weighted by Gasteiger charge is 2.23. The van der Waals surface area contributed by atoms with Crippen LogP contribution >= 0.6 is 0 Å². The van der Waals surface area contributed by atoms with Crippen LogP contribution in [0, 0.1) is 5.41 Å². The molecule has 0 unspecified atom stereocenters. The van der Waals surface area contributed by atoms with E-state index in [9.17, 15) is 9.59 Å². The maximum absolute atomic E-state index is 12.0. The molecule has 116 valence electrons. The summed E-state index contributed by atoms with van der Waals surface area (Å²) >= 11 is 0. The molecule has 0 aromatic rings. The summed E-state index contributed by atoms with van der Waals surface area (Å²) in [5.41, 5.74) is -0.418. The van der Waals surface area contributed by atoms with Gasteiger partial charge in [0.15, 0.2) is 0 Å². The topological polar surface area (TPSA) is 72.9 Å². The van der Waals surface area contributed by atoms with Gasteiger partial charge in [0.05, 0.1) is 6.61 Å². The Hall–Kier alpha value is -1.14. The number of aliphatic hydroxyl groups excluding tert-OH is 1. The van der Waals surface area contributed by atoms with Crippen LogP contribution in [0.4, 0.5) is 0 Å². The Morgan fingerprint density at radius 2 is 1.75 bits per heavy atom. The second-order valence-corrected chi connectivity index (χ2v) is 6.20. The number of rotatable bonds is 5. The van der Waals surface area contributed by atoms with Crippen LogP contribution in [0.3, 0.4) is 0 Å². The number of hydrogen-bond acceptors (Lipinski definition) is 4. The van der Waals surface area contributed by atoms with Crippen molar-refractivity contribution >= 4 is 11.8 Å². The number of amides is 2. The van der Waals surface area contributed by atoms with Gasteiger partial charge in [0.25, 0.3) is 0 Å². The van der Waals surface area contributed by atoms with Crippen molar-refractivity contribution in [2.75, 3.05) is 45.9 Å². The highest BCUT2D eigenvalue weighted by atomic mass is 16.3. The van der Waals surface area contributed by atoms with E-state index in [-0.39, 0.29) is 18.4 Å². The van der Waals surface area contributed by atoms with Crippen molar-refractivity contribution in [2.45, 2.75) is 27.2 Å². The maximum atomic E-state index is 12.0. The molecule has 1 rings (SSSR count). The molecular formula is C14H27N3O3. The van der Waals surface area contributed by atoms with Crippen LogP contribution in [0.1, 0.15) is 27.2 Å². The average molecular weight is 285 g/mol. The van der Waals surface area contributed by atoms with Crippen molar-refractivity contribution in [1.29, 1.82) is 0 Å². The van der Waals surface area contributed by atoms with Gasteiger partial charge < -0.3 is 15.3 Å². The zero-order chi connectivity index (χ0) is 15.2. The lowest BCUT2D eigenvalue weighted by Gasteiger charge is -2.34. The average Bonchev–Trinajstić information content (AvgIpc) is 2.38. The van der Waals surface area contributed by atoms with Crippen molar-refractivity contribution in [3.63, 3.8) is 0 Å². The minimum atomic E-state index is -0.418. The van der Waals surface area contributed by atoms with Gasteiger partial charge in [-0.1, -0.05) is 20.8 Å². The van der Waals surface area contributed by atoms with Crippen LogP contribution in [0.5, 0.6) is 0 Å². The first-order valence-corrected chi connectivity index (χ1v) is 7.24. The van der Waals surface area contributed by atoms with E-state index in [0.29, 0.717) is 32.6 Å². The minimum Gasteiger partial charge on any atom is -0.395 e. The normalized spacial score (nSPS) is 17.1. The summed E-state index contributed by atoms with van der Waals surface area (Å²) < 4.78 is 0. The first-order valence-electron chi connectivity index (χ1n) is 7.24. The summed E-state index contributed by atoms with van der Waals surface area (Å²) in [5.74, 6) is 0.0564. The molecule has 1 heterocycles. The Balaban J connectivity index is 2.23. The summed E-state index contributed by atoms with van der Waals surface area (Å²) in [5, 5.41) is 11.7. The van der Waals surface area contributed by atoms with E-state index < -0.39 is 5.41 Å². The number of carbonyl (C=O) groups excluding carboxylic acids is 2. The Morgan fingerprint density at radius 1 is 1.15 bits per heavy atom. The third-order valence-corrected chi connectivity index (χ3v) is 3.45. The van der Waals surface area contributed by atoms with E-state index in [1.54, 1.807) is 0 Å². The number of aliphatic hydroxyl groups is 1. The van der Waals surface area contributed by atoms with Crippen molar-refractivity contribution in [3.8, 4) is 0 Å². The summed E-state index contributed by atoms with van der Waals surface area (Å²) in [4.78, 5) is 27.6. The van der Waals surface area contributed by atoms with E-state index in [1.165, 1.54) is 0 Å². The fraction of sp³-hybridized carbons (Fsp3) is 0.857. The van der Waals surface area contributed by atoms with Crippen LogP contribution in [-0.2, 0) is 9.59 Å². The number of nitrogens with one attached hydrogen (secondary N) is 1. The summed E-state index contributed by atoms with van der Waals surface area (Å²) in [6, 6.07) is 0. The van der Waals surface area contributed by atoms with Gasteiger partial charge >= 0.3 is 0 Å². The lowest BCUT2D eigenvalue weighted by molar-refractivity contribution is -0.133. The van der Waals surface area contributed by atoms with E-state index >= 15 is 0 Å². The van der Waals surface area contributed by atoms with Crippen molar-refractivity contribution < 1.29 is 14.7 Å². The largest absolute Gasteiger partial charge is 0.395 e. The number of carbonyl (C=O) groups is 2. The summed E-state index contributed by atoms with van der Waals surface area (Å²) in [7, 11) is 0. The first-order chi connectivity index (χ1) is 9.34. The molecule has 2 amide bonds. The van der Waals surface area contributed by atoms with Crippen molar-refractivity contribution in [3.05, 3.63) is 0 Å². The molecule has 0 spiro atoms. The number of hydrogen-bond donors (Lipinski definition) is 2. The lowest BCUT2D eigenvalue weighted by Crippen LogP contribution is -2.49. The molecule has 0 aromatic carbocycles. The molecule has 6 heteroatoms. The van der Waals surface area contributed by atoms with Crippen LogP contribution < -0.4 is 5.32 Å². The lowest BCUT2D eigenvalue weighted by atomic mass is 9.96. The number of nitrogens with zero attached hydrogens (tertiary/aromatic N) is 2. The standard InChI is InChI=1S/C14H27N3O3/c1-14(2,3)13(20)15-5-4-12(19)17-8-6-16(7-9-17)10-11-18/h18H,4-11H2,1-3H3,(H,15,20). The first kappa shape index (κ1) is 16.9. The van der Waals surface area contributed by atoms with Gasteiger partial charge in [0.1, 0.15) is 0 Å². The zero-order valence-corrected chi connectivity index (χ0v) is 12.8. The van der Waals surface area contributed by atoms with E-state index in [0.717, 1.165) is 13.1 Å². The zero-order valence-electron chi connectivity index (χ0n) is 12.8. The molecular weight excluding hydrogens is 258 g/mol. The smallest absolute Gasteiger partial charge is 0.225 e. The highest BCUT2D eigenvalue weighted by molar-refractivity contribution is 5.82. The van der Waals surface area contributed by atoms with Crippen molar-refractivity contribution in [2.24, 2.45) is 5.41 Å². The molecule has 1 fully saturated rings. The molecule has 0 aliphatic carbocycles. The SMILES string of the molecule is CC(C)(C)C(=O)NCCC(=O)N1CCN(CCO)CC1. The van der Waals surface area contributed by atoms with Gasteiger partial charge in [-0.2, -0.15) is 0 Å². The van der Waals surface area contributed by atoms with Gasteiger partial charge in [-0.25, -0.2) is 0 Å². The van der Waals surface area contributed by atoms with Gasteiger partial charge in [0, 0.05) is 51.1 Å².